The van der Waals surface area contributed by atoms with Crippen molar-refractivity contribution >= 4 is 15.7 Å². The van der Waals surface area contributed by atoms with E-state index in [1.165, 1.54) is 0 Å². The van der Waals surface area contributed by atoms with Gasteiger partial charge in [-0.25, -0.2) is 8.78 Å². The molecule has 90 valence electrons. The van der Waals surface area contributed by atoms with Gasteiger partial charge in [0.15, 0.2) is 0 Å². The molecule has 0 aliphatic carbocycles. The molecular formula is C7H4F5NO2S. The molecule has 0 unspecified atom stereocenters. The van der Waals surface area contributed by atoms with E-state index in [4.69, 9.17) is 0 Å². The summed E-state index contributed by atoms with van der Waals surface area (Å²) in [6.07, 6.45) is 0. The van der Waals surface area contributed by atoms with E-state index in [2.05, 4.69) is 0 Å². The molecular weight excluding hydrogens is 257 g/mol. The Kier molecular flexibility index (Phi) is 3.08. The van der Waals surface area contributed by atoms with Crippen molar-refractivity contribution in [2.24, 2.45) is 0 Å². The minimum absolute atomic E-state index is 0.622. The molecule has 16 heavy (non-hydrogen) atoms. The summed E-state index contributed by atoms with van der Waals surface area (Å²) in [5, 5.41) is 0. The number of nitrogens with one attached hydrogen (secondary N) is 1. The quantitative estimate of drug-likeness (QED) is 0.830. The third-order valence-corrected chi connectivity index (χ3v) is 2.59. The molecule has 3 nitrogen and oxygen atoms in total. The maximum atomic E-state index is 12.8. The number of hydrogen-bond acceptors (Lipinski definition) is 2. The largest absolute Gasteiger partial charge is 0.516 e. The van der Waals surface area contributed by atoms with Crippen LogP contribution in [0.3, 0.4) is 0 Å². The molecule has 0 saturated heterocycles. The Balaban J connectivity index is 3.17. The summed E-state index contributed by atoms with van der Waals surface area (Å²) in [6, 6.07) is 2.13. The van der Waals surface area contributed by atoms with Gasteiger partial charge in [-0.15, -0.1) is 0 Å². The second-order valence-electron chi connectivity index (χ2n) is 2.65. The van der Waals surface area contributed by atoms with Crippen LogP contribution in [0.5, 0.6) is 0 Å². The van der Waals surface area contributed by atoms with E-state index in [1.807, 2.05) is 0 Å². The van der Waals surface area contributed by atoms with Crippen LogP contribution in [0.4, 0.5) is 27.6 Å². The number of benzene rings is 1. The topological polar surface area (TPSA) is 46.2 Å². The predicted molar refractivity (Wildman–Crippen MR) is 45.0 cm³/mol. The van der Waals surface area contributed by atoms with Crippen LogP contribution in [0.2, 0.25) is 0 Å². The highest BCUT2D eigenvalue weighted by Gasteiger charge is 2.46. The van der Waals surface area contributed by atoms with Crippen molar-refractivity contribution in [2.45, 2.75) is 5.51 Å². The molecule has 0 bridgehead atoms. The fourth-order valence-electron chi connectivity index (χ4n) is 0.788. The fraction of sp³-hybridized carbons (Fsp3) is 0.143. The van der Waals surface area contributed by atoms with Crippen LogP contribution in [0.1, 0.15) is 0 Å². The van der Waals surface area contributed by atoms with Crippen LogP contribution in [-0.4, -0.2) is 13.9 Å². The van der Waals surface area contributed by atoms with Gasteiger partial charge in [-0.05, 0) is 12.1 Å². The Labute approximate surface area is 86.9 Å². The Bertz CT molecular complexity index is 476. The maximum Gasteiger partial charge on any atom is 0.516 e. The van der Waals surface area contributed by atoms with Gasteiger partial charge in [0, 0.05) is 0 Å². The molecule has 0 aliphatic rings. The lowest BCUT2D eigenvalue weighted by molar-refractivity contribution is -0.0429. The van der Waals surface area contributed by atoms with Gasteiger partial charge in [-0.3, -0.25) is 4.72 Å². The number of alkyl halides is 3. The van der Waals surface area contributed by atoms with Crippen LogP contribution in [0, 0.1) is 11.6 Å². The molecule has 0 atom stereocenters. The Morgan fingerprint density at radius 3 is 1.88 bits per heavy atom. The standard InChI is InChI=1S/C7H4F5NO2S/c8-4-2-1-3-5(9)6(4)13-16(14,15)7(10,11)12/h1-3,13H. The molecule has 0 spiro atoms. The first kappa shape index (κ1) is 12.7. The van der Waals surface area contributed by atoms with Gasteiger partial charge in [-0.2, -0.15) is 21.6 Å². The average molecular weight is 261 g/mol. The molecule has 0 fully saturated rings. The van der Waals surface area contributed by atoms with Gasteiger partial charge in [-0.1, -0.05) is 6.07 Å². The Morgan fingerprint density at radius 2 is 1.50 bits per heavy atom. The maximum absolute atomic E-state index is 12.8. The number of hydrogen-bond donors (Lipinski definition) is 1. The highest BCUT2D eigenvalue weighted by molar-refractivity contribution is 7.93. The highest BCUT2D eigenvalue weighted by atomic mass is 32.2. The van der Waals surface area contributed by atoms with Crippen molar-refractivity contribution in [1.82, 2.24) is 0 Å². The zero-order chi connectivity index (χ0) is 12.6. The van der Waals surface area contributed by atoms with Crippen molar-refractivity contribution in [3.05, 3.63) is 29.8 Å². The smallest absolute Gasteiger partial charge is 0.270 e. The van der Waals surface area contributed by atoms with Crippen LogP contribution in [0.15, 0.2) is 18.2 Å². The van der Waals surface area contributed by atoms with E-state index in [0.29, 0.717) is 12.1 Å². The lowest BCUT2D eigenvalue weighted by atomic mass is 10.3. The van der Waals surface area contributed by atoms with Gasteiger partial charge >= 0.3 is 15.5 Å². The van der Waals surface area contributed by atoms with Crippen molar-refractivity contribution in [1.29, 1.82) is 0 Å². The highest BCUT2D eigenvalue weighted by Crippen LogP contribution is 2.27. The fourth-order valence-corrected chi connectivity index (χ4v) is 1.37. The zero-order valence-electron chi connectivity index (χ0n) is 7.35. The van der Waals surface area contributed by atoms with Crippen LogP contribution >= 0.6 is 0 Å². The van der Waals surface area contributed by atoms with E-state index in [0.717, 1.165) is 10.8 Å². The summed E-state index contributed by atoms with van der Waals surface area (Å²) in [4.78, 5) is 0. The summed E-state index contributed by atoms with van der Waals surface area (Å²) in [5.41, 5.74) is -7.00. The van der Waals surface area contributed by atoms with E-state index >= 15 is 0 Å². The predicted octanol–water partition coefficient (Wildman–Crippen LogP) is 2.23. The van der Waals surface area contributed by atoms with E-state index < -0.39 is 32.9 Å². The number of rotatable bonds is 2. The number of sulfonamides is 1. The Hall–Kier alpha value is -1.38. The van der Waals surface area contributed by atoms with Crippen molar-refractivity contribution in [2.75, 3.05) is 4.72 Å². The monoisotopic (exact) mass is 261 g/mol. The average Bonchev–Trinajstić information content (AvgIpc) is 2.10. The molecule has 0 aliphatic heterocycles. The first-order valence-corrected chi connectivity index (χ1v) is 5.16. The second kappa shape index (κ2) is 3.89. The summed E-state index contributed by atoms with van der Waals surface area (Å²) in [6.45, 7) is 0. The molecule has 1 N–H and O–H groups in total. The van der Waals surface area contributed by atoms with Gasteiger partial charge in [0.05, 0.1) is 0 Å². The molecule has 0 radical (unpaired) electrons. The second-order valence-corrected chi connectivity index (χ2v) is 4.32. The van der Waals surface area contributed by atoms with Gasteiger partial charge in [0.2, 0.25) is 0 Å². The number of halogens is 5. The summed E-state index contributed by atoms with van der Waals surface area (Å²) >= 11 is 0. The molecule has 0 heterocycles. The molecule has 9 heteroatoms. The van der Waals surface area contributed by atoms with Crippen molar-refractivity contribution in [3.63, 3.8) is 0 Å². The number of anilines is 1. The van der Waals surface area contributed by atoms with E-state index in [9.17, 15) is 30.4 Å². The lowest BCUT2D eigenvalue weighted by Crippen LogP contribution is -2.30. The van der Waals surface area contributed by atoms with E-state index in [-0.39, 0.29) is 0 Å². The van der Waals surface area contributed by atoms with Crippen LogP contribution < -0.4 is 4.72 Å². The summed E-state index contributed by atoms with van der Waals surface area (Å²) < 4.78 is 83.2. The van der Waals surface area contributed by atoms with Crippen LogP contribution in [-0.2, 0) is 10.0 Å². The van der Waals surface area contributed by atoms with E-state index in [1.54, 1.807) is 0 Å². The normalized spacial score (nSPS) is 12.6. The number of para-hydroxylation sites is 1. The minimum Gasteiger partial charge on any atom is -0.270 e. The molecule has 1 aromatic carbocycles. The third-order valence-electron chi connectivity index (χ3n) is 1.50. The van der Waals surface area contributed by atoms with Gasteiger partial charge < -0.3 is 0 Å². The Morgan fingerprint density at radius 1 is 1.06 bits per heavy atom. The van der Waals surface area contributed by atoms with Crippen molar-refractivity contribution in [3.8, 4) is 0 Å². The molecule has 1 rings (SSSR count). The summed E-state index contributed by atoms with van der Waals surface area (Å²) in [5.74, 6) is -2.87. The molecule has 0 aromatic heterocycles. The van der Waals surface area contributed by atoms with Crippen molar-refractivity contribution < 1.29 is 30.4 Å². The first-order chi connectivity index (χ1) is 7.15. The minimum atomic E-state index is -5.83. The summed E-state index contributed by atoms with van der Waals surface area (Å²) in [7, 11) is -5.83. The SMILES string of the molecule is O=S(=O)(Nc1c(F)cccc1F)C(F)(F)F. The lowest BCUT2D eigenvalue weighted by Gasteiger charge is -2.11. The third kappa shape index (κ3) is 2.40. The first-order valence-electron chi connectivity index (χ1n) is 3.68. The zero-order valence-corrected chi connectivity index (χ0v) is 8.16. The van der Waals surface area contributed by atoms with Crippen LogP contribution in [0.25, 0.3) is 0 Å². The van der Waals surface area contributed by atoms with Gasteiger partial charge in [0.1, 0.15) is 17.3 Å². The molecule has 1 aromatic rings. The molecule has 0 amide bonds. The molecule has 0 saturated carbocycles. The van der Waals surface area contributed by atoms with Gasteiger partial charge in [0.25, 0.3) is 0 Å².